The highest BCUT2D eigenvalue weighted by Crippen LogP contribution is 2.17. The number of ether oxygens (including phenoxy) is 1. The Bertz CT molecular complexity index is 318. The SMILES string of the molecule is CNCc1cc(COC(C)C(C)C)c(C)o1. The Balaban J connectivity index is 2.53. The average Bonchev–Trinajstić information content (AvgIpc) is 2.56. The van der Waals surface area contributed by atoms with Crippen molar-refractivity contribution >= 4 is 0 Å². The van der Waals surface area contributed by atoms with Crippen LogP contribution in [0.2, 0.25) is 0 Å². The van der Waals surface area contributed by atoms with E-state index >= 15 is 0 Å². The number of nitrogens with one attached hydrogen (secondary N) is 1. The van der Waals surface area contributed by atoms with E-state index in [1.165, 1.54) is 0 Å². The lowest BCUT2D eigenvalue weighted by molar-refractivity contribution is 0.0230. The van der Waals surface area contributed by atoms with Gasteiger partial charge < -0.3 is 14.5 Å². The molecule has 1 heterocycles. The van der Waals surface area contributed by atoms with Gasteiger partial charge in [-0.05, 0) is 32.9 Å². The van der Waals surface area contributed by atoms with Crippen molar-refractivity contribution in [1.82, 2.24) is 5.32 Å². The van der Waals surface area contributed by atoms with Crippen molar-refractivity contribution in [3.63, 3.8) is 0 Å². The van der Waals surface area contributed by atoms with Crippen LogP contribution in [0.25, 0.3) is 0 Å². The summed E-state index contributed by atoms with van der Waals surface area (Å²) < 4.78 is 11.4. The molecule has 1 rings (SSSR count). The first kappa shape index (κ1) is 13.3. The molecule has 1 atom stereocenters. The Morgan fingerprint density at radius 1 is 1.38 bits per heavy atom. The maximum Gasteiger partial charge on any atom is 0.118 e. The third-order valence-electron chi connectivity index (χ3n) is 2.86. The van der Waals surface area contributed by atoms with Gasteiger partial charge in [-0.15, -0.1) is 0 Å². The van der Waals surface area contributed by atoms with Crippen LogP contribution in [0.5, 0.6) is 0 Å². The molecule has 0 saturated heterocycles. The molecule has 0 amide bonds. The van der Waals surface area contributed by atoms with Gasteiger partial charge in [-0.25, -0.2) is 0 Å². The van der Waals surface area contributed by atoms with Crippen molar-refractivity contribution in [2.45, 2.75) is 47.0 Å². The van der Waals surface area contributed by atoms with Crippen molar-refractivity contribution in [3.05, 3.63) is 23.2 Å². The molecule has 1 aromatic rings. The van der Waals surface area contributed by atoms with E-state index < -0.39 is 0 Å². The quantitative estimate of drug-likeness (QED) is 0.808. The van der Waals surface area contributed by atoms with E-state index in [0.29, 0.717) is 12.5 Å². The molecule has 0 aliphatic carbocycles. The van der Waals surface area contributed by atoms with E-state index in [1.54, 1.807) is 0 Å². The summed E-state index contributed by atoms with van der Waals surface area (Å²) in [6.45, 7) is 9.82. The topological polar surface area (TPSA) is 34.4 Å². The molecule has 0 fully saturated rings. The van der Waals surface area contributed by atoms with Crippen LogP contribution < -0.4 is 5.32 Å². The summed E-state index contributed by atoms with van der Waals surface area (Å²) >= 11 is 0. The van der Waals surface area contributed by atoms with Gasteiger partial charge >= 0.3 is 0 Å². The molecule has 0 spiro atoms. The van der Waals surface area contributed by atoms with E-state index in [4.69, 9.17) is 9.15 Å². The minimum absolute atomic E-state index is 0.280. The number of hydrogen-bond donors (Lipinski definition) is 1. The normalized spacial score (nSPS) is 13.4. The summed E-state index contributed by atoms with van der Waals surface area (Å²) in [7, 11) is 1.91. The average molecular weight is 225 g/mol. The molecule has 0 aliphatic rings. The molecule has 0 bridgehead atoms. The highest BCUT2D eigenvalue weighted by molar-refractivity contribution is 5.19. The molecule has 92 valence electrons. The standard InChI is InChI=1S/C13H23NO2/c1-9(2)10(3)15-8-12-6-13(7-14-5)16-11(12)4/h6,9-10,14H,7-8H2,1-5H3. The summed E-state index contributed by atoms with van der Waals surface area (Å²) in [5.41, 5.74) is 1.15. The second-order valence-electron chi connectivity index (χ2n) is 4.58. The van der Waals surface area contributed by atoms with Crippen LogP contribution in [0, 0.1) is 12.8 Å². The first-order valence-electron chi connectivity index (χ1n) is 5.89. The highest BCUT2D eigenvalue weighted by atomic mass is 16.5. The Labute approximate surface area is 98.2 Å². The molecule has 3 heteroatoms. The molecule has 0 aliphatic heterocycles. The monoisotopic (exact) mass is 225 g/mol. The van der Waals surface area contributed by atoms with Crippen molar-refractivity contribution in [2.75, 3.05) is 7.05 Å². The molecule has 3 nitrogen and oxygen atoms in total. The highest BCUT2D eigenvalue weighted by Gasteiger charge is 2.11. The molecule has 1 N–H and O–H groups in total. The second-order valence-corrected chi connectivity index (χ2v) is 4.58. The zero-order chi connectivity index (χ0) is 12.1. The molecule has 16 heavy (non-hydrogen) atoms. The Kier molecular flexibility index (Phi) is 5.03. The van der Waals surface area contributed by atoms with Gasteiger partial charge in [0.15, 0.2) is 0 Å². The number of hydrogen-bond acceptors (Lipinski definition) is 3. The van der Waals surface area contributed by atoms with E-state index in [9.17, 15) is 0 Å². The fourth-order valence-corrected chi connectivity index (χ4v) is 1.41. The minimum atomic E-state index is 0.280. The summed E-state index contributed by atoms with van der Waals surface area (Å²) in [5.74, 6) is 2.47. The first-order valence-corrected chi connectivity index (χ1v) is 5.89. The number of rotatable bonds is 6. The van der Waals surface area contributed by atoms with E-state index in [2.05, 4.69) is 32.2 Å². The smallest absolute Gasteiger partial charge is 0.118 e. The van der Waals surface area contributed by atoms with Crippen LogP contribution in [0.1, 0.15) is 37.9 Å². The molecule has 1 aromatic heterocycles. The first-order chi connectivity index (χ1) is 7.54. The zero-order valence-corrected chi connectivity index (χ0v) is 11.0. The molecule has 0 aromatic carbocycles. The molecule has 0 radical (unpaired) electrons. The minimum Gasteiger partial charge on any atom is -0.465 e. The maximum absolute atomic E-state index is 5.78. The summed E-state index contributed by atoms with van der Waals surface area (Å²) in [4.78, 5) is 0. The van der Waals surface area contributed by atoms with Gasteiger partial charge in [0.2, 0.25) is 0 Å². The van der Waals surface area contributed by atoms with Crippen molar-refractivity contribution in [1.29, 1.82) is 0 Å². The molecule has 0 saturated carbocycles. The van der Waals surface area contributed by atoms with Crippen LogP contribution in [-0.4, -0.2) is 13.2 Å². The predicted octanol–water partition coefficient (Wildman–Crippen LogP) is 2.87. The number of aryl methyl sites for hydroxylation is 1. The second kappa shape index (κ2) is 6.06. The van der Waals surface area contributed by atoms with E-state index in [1.807, 2.05) is 14.0 Å². The fraction of sp³-hybridized carbons (Fsp3) is 0.692. The summed E-state index contributed by atoms with van der Waals surface area (Å²) in [5, 5.41) is 3.07. The maximum atomic E-state index is 5.78. The van der Waals surface area contributed by atoms with Crippen LogP contribution in [0.4, 0.5) is 0 Å². The number of furan rings is 1. The van der Waals surface area contributed by atoms with E-state index in [0.717, 1.165) is 23.6 Å². The van der Waals surface area contributed by atoms with Gasteiger partial charge in [0.25, 0.3) is 0 Å². The molecular weight excluding hydrogens is 202 g/mol. The lowest BCUT2D eigenvalue weighted by atomic mass is 10.1. The Morgan fingerprint density at radius 2 is 2.06 bits per heavy atom. The Morgan fingerprint density at radius 3 is 2.62 bits per heavy atom. The van der Waals surface area contributed by atoms with Gasteiger partial charge in [0.05, 0.1) is 19.3 Å². The van der Waals surface area contributed by atoms with E-state index in [-0.39, 0.29) is 6.10 Å². The van der Waals surface area contributed by atoms with Gasteiger partial charge in [-0.1, -0.05) is 13.8 Å². The van der Waals surface area contributed by atoms with Gasteiger partial charge in [-0.2, -0.15) is 0 Å². The predicted molar refractivity (Wildman–Crippen MR) is 65.3 cm³/mol. The van der Waals surface area contributed by atoms with Crippen molar-refractivity contribution < 1.29 is 9.15 Å². The van der Waals surface area contributed by atoms with Crippen LogP contribution in [-0.2, 0) is 17.9 Å². The van der Waals surface area contributed by atoms with Gasteiger partial charge in [0.1, 0.15) is 11.5 Å². The Hall–Kier alpha value is -0.800. The third kappa shape index (κ3) is 3.65. The van der Waals surface area contributed by atoms with Crippen molar-refractivity contribution in [3.8, 4) is 0 Å². The molecule has 1 unspecified atom stereocenters. The zero-order valence-electron chi connectivity index (χ0n) is 11.0. The largest absolute Gasteiger partial charge is 0.465 e. The lowest BCUT2D eigenvalue weighted by Crippen LogP contribution is -2.15. The summed E-state index contributed by atoms with van der Waals surface area (Å²) in [6.07, 6.45) is 0.280. The van der Waals surface area contributed by atoms with Crippen LogP contribution >= 0.6 is 0 Å². The van der Waals surface area contributed by atoms with Crippen molar-refractivity contribution in [2.24, 2.45) is 5.92 Å². The van der Waals surface area contributed by atoms with Gasteiger partial charge in [0, 0.05) is 5.56 Å². The van der Waals surface area contributed by atoms with Crippen LogP contribution in [0.15, 0.2) is 10.5 Å². The summed E-state index contributed by atoms with van der Waals surface area (Å²) in [6, 6.07) is 2.07. The lowest BCUT2D eigenvalue weighted by Gasteiger charge is -2.15. The van der Waals surface area contributed by atoms with Crippen LogP contribution in [0.3, 0.4) is 0 Å². The fourth-order valence-electron chi connectivity index (χ4n) is 1.41. The third-order valence-corrected chi connectivity index (χ3v) is 2.86. The van der Waals surface area contributed by atoms with Gasteiger partial charge in [-0.3, -0.25) is 0 Å². The molecular formula is C13H23NO2.